The monoisotopic (exact) mass is 163 g/mol. The zero-order valence-electron chi connectivity index (χ0n) is 6.99. The van der Waals surface area contributed by atoms with Gasteiger partial charge in [0, 0.05) is 12.3 Å². The molecule has 2 nitrogen and oxygen atoms in total. The Balaban J connectivity index is 2.17. The summed E-state index contributed by atoms with van der Waals surface area (Å²) in [6, 6.07) is 7.95. The normalized spacial score (nSPS) is 22.8. The first-order chi connectivity index (χ1) is 5.86. The van der Waals surface area contributed by atoms with Crippen LogP contribution in [0.15, 0.2) is 24.3 Å². The van der Waals surface area contributed by atoms with Crippen molar-refractivity contribution in [1.29, 1.82) is 0 Å². The Labute approximate surface area is 72.3 Å². The van der Waals surface area contributed by atoms with Gasteiger partial charge in [0.25, 0.3) is 0 Å². The Kier molecular flexibility index (Phi) is 2.00. The van der Waals surface area contributed by atoms with E-state index in [1.165, 1.54) is 12.0 Å². The lowest BCUT2D eigenvalue weighted by molar-refractivity contribution is 0.112. The summed E-state index contributed by atoms with van der Waals surface area (Å²) in [5.74, 6) is 0. The Hall–Kier alpha value is -1.02. The molecular formula is C10H13NO. The van der Waals surface area contributed by atoms with E-state index in [2.05, 4.69) is 0 Å². The number of nitrogens with two attached hydrogens (primary N) is 1. The highest BCUT2D eigenvalue weighted by Crippen LogP contribution is 2.28. The van der Waals surface area contributed by atoms with E-state index in [0.29, 0.717) is 6.10 Å². The fraction of sp³-hybridized carbons (Fsp3) is 0.400. The van der Waals surface area contributed by atoms with Crippen molar-refractivity contribution in [2.24, 2.45) is 0 Å². The molecule has 2 N–H and O–H groups in total. The minimum absolute atomic E-state index is 0.311. The summed E-state index contributed by atoms with van der Waals surface area (Å²) in [4.78, 5) is 0. The van der Waals surface area contributed by atoms with E-state index in [0.717, 1.165) is 18.7 Å². The first-order valence-corrected chi connectivity index (χ1v) is 4.33. The van der Waals surface area contributed by atoms with Crippen LogP contribution in [0.2, 0.25) is 0 Å². The summed E-state index contributed by atoms with van der Waals surface area (Å²) >= 11 is 0. The van der Waals surface area contributed by atoms with Gasteiger partial charge in [-0.05, 0) is 30.5 Å². The van der Waals surface area contributed by atoms with Crippen LogP contribution in [0, 0.1) is 0 Å². The second kappa shape index (κ2) is 3.15. The summed E-state index contributed by atoms with van der Waals surface area (Å²) in [5, 5.41) is 0. The maximum Gasteiger partial charge on any atom is 0.0825 e. The third-order valence-corrected chi connectivity index (χ3v) is 2.24. The minimum Gasteiger partial charge on any atom is -0.399 e. The van der Waals surface area contributed by atoms with Crippen LogP contribution in [0.1, 0.15) is 24.5 Å². The molecule has 1 heterocycles. The Morgan fingerprint density at radius 1 is 1.25 bits per heavy atom. The maximum atomic E-state index is 5.58. The molecule has 1 aromatic carbocycles. The number of hydrogen-bond donors (Lipinski definition) is 1. The quantitative estimate of drug-likeness (QED) is 0.643. The highest BCUT2D eigenvalue weighted by molar-refractivity contribution is 5.39. The molecule has 1 aliphatic heterocycles. The van der Waals surface area contributed by atoms with Crippen LogP contribution in [0.4, 0.5) is 5.69 Å². The standard InChI is InChI=1S/C10H13NO/c11-9-5-3-8(4-6-9)10-2-1-7-12-10/h3-6,10H,1-2,7,11H2/t10-/m1/s1. The van der Waals surface area contributed by atoms with Gasteiger partial charge in [0.15, 0.2) is 0 Å². The van der Waals surface area contributed by atoms with E-state index in [4.69, 9.17) is 10.5 Å². The molecule has 0 radical (unpaired) electrons. The predicted octanol–water partition coefficient (Wildman–Crippen LogP) is 2.12. The lowest BCUT2D eigenvalue weighted by atomic mass is 10.1. The summed E-state index contributed by atoms with van der Waals surface area (Å²) in [6.07, 6.45) is 2.63. The molecule has 1 aliphatic rings. The SMILES string of the molecule is Nc1ccc([C@H]2CCCO2)cc1. The van der Waals surface area contributed by atoms with Gasteiger partial charge >= 0.3 is 0 Å². The van der Waals surface area contributed by atoms with Crippen LogP contribution in [-0.4, -0.2) is 6.61 Å². The van der Waals surface area contributed by atoms with Crippen molar-refractivity contribution in [2.45, 2.75) is 18.9 Å². The van der Waals surface area contributed by atoms with Crippen molar-refractivity contribution in [3.8, 4) is 0 Å². The number of benzene rings is 1. The molecule has 0 aliphatic carbocycles. The van der Waals surface area contributed by atoms with Crippen LogP contribution in [0.3, 0.4) is 0 Å². The van der Waals surface area contributed by atoms with E-state index >= 15 is 0 Å². The van der Waals surface area contributed by atoms with Crippen molar-refractivity contribution in [3.63, 3.8) is 0 Å². The average Bonchev–Trinajstić information content (AvgIpc) is 2.58. The molecular weight excluding hydrogens is 150 g/mol. The Bertz CT molecular complexity index is 249. The van der Waals surface area contributed by atoms with E-state index in [9.17, 15) is 0 Å². The van der Waals surface area contributed by atoms with Gasteiger partial charge < -0.3 is 10.5 Å². The maximum absolute atomic E-state index is 5.58. The van der Waals surface area contributed by atoms with Crippen LogP contribution in [0.25, 0.3) is 0 Å². The van der Waals surface area contributed by atoms with Gasteiger partial charge in [0.1, 0.15) is 0 Å². The van der Waals surface area contributed by atoms with Crippen molar-refractivity contribution >= 4 is 5.69 Å². The highest BCUT2D eigenvalue weighted by Gasteiger charge is 2.16. The second-order valence-corrected chi connectivity index (χ2v) is 3.17. The summed E-state index contributed by atoms with van der Waals surface area (Å²) in [6.45, 7) is 0.898. The van der Waals surface area contributed by atoms with Crippen LogP contribution >= 0.6 is 0 Å². The molecule has 64 valence electrons. The molecule has 1 aromatic rings. The zero-order chi connectivity index (χ0) is 8.39. The topological polar surface area (TPSA) is 35.2 Å². The number of anilines is 1. The van der Waals surface area contributed by atoms with Gasteiger partial charge in [0.05, 0.1) is 6.10 Å². The van der Waals surface area contributed by atoms with E-state index < -0.39 is 0 Å². The first-order valence-electron chi connectivity index (χ1n) is 4.33. The molecule has 0 bridgehead atoms. The zero-order valence-corrected chi connectivity index (χ0v) is 6.99. The molecule has 2 rings (SSSR count). The molecule has 2 heteroatoms. The average molecular weight is 163 g/mol. The van der Waals surface area contributed by atoms with Gasteiger partial charge in [-0.15, -0.1) is 0 Å². The number of nitrogen functional groups attached to an aromatic ring is 1. The molecule has 0 spiro atoms. The molecule has 1 saturated heterocycles. The van der Waals surface area contributed by atoms with Gasteiger partial charge in [-0.3, -0.25) is 0 Å². The largest absolute Gasteiger partial charge is 0.399 e. The van der Waals surface area contributed by atoms with Crippen molar-refractivity contribution in [1.82, 2.24) is 0 Å². The molecule has 0 saturated carbocycles. The fourth-order valence-electron chi connectivity index (χ4n) is 1.55. The summed E-state index contributed by atoms with van der Waals surface area (Å²) < 4.78 is 5.54. The fourth-order valence-corrected chi connectivity index (χ4v) is 1.55. The number of hydrogen-bond acceptors (Lipinski definition) is 2. The summed E-state index contributed by atoms with van der Waals surface area (Å²) in [5.41, 5.74) is 7.65. The third kappa shape index (κ3) is 1.43. The van der Waals surface area contributed by atoms with Gasteiger partial charge in [-0.25, -0.2) is 0 Å². The predicted molar refractivity (Wildman–Crippen MR) is 48.8 cm³/mol. The van der Waals surface area contributed by atoms with E-state index in [-0.39, 0.29) is 0 Å². The molecule has 0 amide bonds. The smallest absolute Gasteiger partial charge is 0.0825 e. The Morgan fingerprint density at radius 2 is 2.00 bits per heavy atom. The molecule has 0 aromatic heterocycles. The second-order valence-electron chi connectivity index (χ2n) is 3.17. The first kappa shape index (κ1) is 7.62. The minimum atomic E-state index is 0.311. The highest BCUT2D eigenvalue weighted by atomic mass is 16.5. The van der Waals surface area contributed by atoms with Gasteiger partial charge in [0.2, 0.25) is 0 Å². The van der Waals surface area contributed by atoms with Crippen molar-refractivity contribution < 1.29 is 4.74 Å². The number of rotatable bonds is 1. The molecule has 1 atom stereocenters. The molecule has 0 unspecified atom stereocenters. The van der Waals surface area contributed by atoms with Gasteiger partial charge in [-0.2, -0.15) is 0 Å². The van der Waals surface area contributed by atoms with Crippen LogP contribution in [-0.2, 0) is 4.74 Å². The lowest BCUT2D eigenvalue weighted by Crippen LogP contribution is -1.95. The van der Waals surface area contributed by atoms with Crippen LogP contribution in [0.5, 0.6) is 0 Å². The lowest BCUT2D eigenvalue weighted by Gasteiger charge is -2.08. The van der Waals surface area contributed by atoms with E-state index in [1.54, 1.807) is 0 Å². The molecule has 1 fully saturated rings. The van der Waals surface area contributed by atoms with Gasteiger partial charge in [-0.1, -0.05) is 12.1 Å². The Morgan fingerprint density at radius 3 is 2.58 bits per heavy atom. The molecule has 12 heavy (non-hydrogen) atoms. The number of ether oxygens (including phenoxy) is 1. The summed E-state index contributed by atoms with van der Waals surface area (Å²) in [7, 11) is 0. The van der Waals surface area contributed by atoms with Crippen LogP contribution < -0.4 is 5.73 Å². The van der Waals surface area contributed by atoms with Crippen molar-refractivity contribution in [3.05, 3.63) is 29.8 Å². The van der Waals surface area contributed by atoms with E-state index in [1.807, 2.05) is 24.3 Å². The van der Waals surface area contributed by atoms with Crippen molar-refractivity contribution in [2.75, 3.05) is 12.3 Å². The third-order valence-electron chi connectivity index (χ3n) is 2.24.